The predicted octanol–water partition coefficient (Wildman–Crippen LogP) is 3.12. The van der Waals surface area contributed by atoms with Crippen LogP contribution in [0.3, 0.4) is 0 Å². The summed E-state index contributed by atoms with van der Waals surface area (Å²) in [7, 11) is 0. The van der Waals surface area contributed by atoms with Gasteiger partial charge in [0.1, 0.15) is 6.04 Å². The van der Waals surface area contributed by atoms with Crippen molar-refractivity contribution in [1.29, 1.82) is 0 Å². The van der Waals surface area contributed by atoms with Gasteiger partial charge in [0.15, 0.2) is 5.69 Å². The summed E-state index contributed by atoms with van der Waals surface area (Å²) >= 11 is 1.15. The number of aromatic nitrogens is 3. The second kappa shape index (κ2) is 8.77. The van der Waals surface area contributed by atoms with Crippen LogP contribution in [0.15, 0.2) is 29.9 Å². The van der Waals surface area contributed by atoms with Gasteiger partial charge in [-0.1, -0.05) is 36.2 Å². The second-order valence-electron chi connectivity index (χ2n) is 7.62. The molecule has 1 N–H and O–H groups in total. The Bertz CT molecular complexity index is 786. The van der Waals surface area contributed by atoms with E-state index in [-0.39, 0.29) is 23.9 Å². The zero-order valence-electron chi connectivity index (χ0n) is 15.8. The Hall–Kier alpha value is -2.35. The molecule has 0 spiro atoms. The summed E-state index contributed by atoms with van der Waals surface area (Å²) in [6.07, 6.45) is 11.6. The van der Waals surface area contributed by atoms with Crippen molar-refractivity contribution in [2.75, 3.05) is 0 Å². The minimum atomic E-state index is -0.702. The van der Waals surface area contributed by atoms with E-state index in [9.17, 15) is 9.59 Å². The standard InChI is InChI=1S/C20H25N5O2S/c26-19(22-15-7-1-2-8-15)18(14-6-5-11-21-12-14)25(16-9-3-4-10-16)20(27)17-13-28-24-23-17/h5-6,11-13,15-16,18H,1-4,7-10H2,(H,22,26)/t18-/m0/s1. The molecular weight excluding hydrogens is 374 g/mol. The van der Waals surface area contributed by atoms with Crippen molar-refractivity contribution in [3.05, 3.63) is 41.2 Å². The molecule has 4 rings (SSSR count). The third-order valence-corrected chi connectivity index (χ3v) is 6.26. The minimum absolute atomic E-state index is 0.0220. The van der Waals surface area contributed by atoms with E-state index >= 15 is 0 Å². The summed E-state index contributed by atoms with van der Waals surface area (Å²) in [4.78, 5) is 32.7. The predicted molar refractivity (Wildman–Crippen MR) is 106 cm³/mol. The van der Waals surface area contributed by atoms with Crippen LogP contribution in [0.5, 0.6) is 0 Å². The molecule has 2 saturated carbocycles. The number of carbonyl (C=O) groups excluding carboxylic acids is 2. The molecule has 8 heteroatoms. The normalized spacial score (nSPS) is 18.9. The van der Waals surface area contributed by atoms with Crippen LogP contribution in [-0.2, 0) is 4.79 Å². The van der Waals surface area contributed by atoms with Crippen molar-refractivity contribution < 1.29 is 9.59 Å². The average Bonchev–Trinajstić information content (AvgIpc) is 3.49. The first-order valence-electron chi connectivity index (χ1n) is 10.0. The van der Waals surface area contributed by atoms with Crippen molar-refractivity contribution in [1.82, 2.24) is 24.8 Å². The van der Waals surface area contributed by atoms with Crippen LogP contribution in [0.1, 0.15) is 73.5 Å². The lowest BCUT2D eigenvalue weighted by Crippen LogP contribution is -2.49. The molecule has 0 saturated heterocycles. The van der Waals surface area contributed by atoms with E-state index in [1.807, 2.05) is 12.1 Å². The molecule has 2 amide bonds. The highest BCUT2D eigenvalue weighted by molar-refractivity contribution is 7.03. The molecule has 1 atom stereocenters. The van der Waals surface area contributed by atoms with Gasteiger partial charge in [0, 0.05) is 35.4 Å². The van der Waals surface area contributed by atoms with Crippen LogP contribution in [0.25, 0.3) is 0 Å². The summed E-state index contributed by atoms with van der Waals surface area (Å²) in [5.74, 6) is -0.348. The Morgan fingerprint density at radius 3 is 2.54 bits per heavy atom. The molecule has 0 bridgehead atoms. The quantitative estimate of drug-likeness (QED) is 0.806. The molecule has 0 unspecified atom stereocenters. The number of hydrogen-bond donors (Lipinski definition) is 1. The number of nitrogens with one attached hydrogen (secondary N) is 1. The van der Waals surface area contributed by atoms with E-state index in [4.69, 9.17) is 0 Å². The maximum atomic E-state index is 13.4. The Kier molecular flexibility index (Phi) is 5.95. The second-order valence-corrected chi connectivity index (χ2v) is 8.23. The molecular formula is C20H25N5O2S. The van der Waals surface area contributed by atoms with E-state index in [2.05, 4.69) is 19.9 Å². The SMILES string of the molecule is O=C(NC1CCCC1)[C@H](c1cccnc1)N(C(=O)c1csnn1)C1CCCC1. The van der Waals surface area contributed by atoms with Crippen molar-refractivity contribution >= 4 is 23.3 Å². The summed E-state index contributed by atoms with van der Waals surface area (Å²) in [5.41, 5.74) is 1.04. The third kappa shape index (κ3) is 4.06. The Balaban J connectivity index is 1.69. The zero-order chi connectivity index (χ0) is 19.3. The highest BCUT2D eigenvalue weighted by atomic mass is 32.1. The minimum Gasteiger partial charge on any atom is -0.351 e. The fraction of sp³-hybridized carbons (Fsp3) is 0.550. The van der Waals surface area contributed by atoms with Gasteiger partial charge in [-0.2, -0.15) is 0 Å². The molecule has 148 valence electrons. The van der Waals surface area contributed by atoms with Crippen molar-refractivity contribution in [3.8, 4) is 0 Å². The molecule has 0 radical (unpaired) electrons. The lowest BCUT2D eigenvalue weighted by atomic mass is 10.0. The summed E-state index contributed by atoms with van der Waals surface area (Å²) in [6.45, 7) is 0. The Morgan fingerprint density at radius 2 is 1.89 bits per heavy atom. The number of hydrogen-bond acceptors (Lipinski definition) is 6. The smallest absolute Gasteiger partial charge is 0.276 e. The molecule has 2 heterocycles. The van der Waals surface area contributed by atoms with E-state index in [0.717, 1.165) is 68.5 Å². The van der Waals surface area contributed by atoms with Gasteiger partial charge in [-0.15, -0.1) is 5.10 Å². The number of pyridine rings is 1. The van der Waals surface area contributed by atoms with Crippen LogP contribution in [-0.4, -0.2) is 43.4 Å². The number of amides is 2. The molecule has 2 aromatic rings. The molecule has 0 aliphatic heterocycles. The summed E-state index contributed by atoms with van der Waals surface area (Å²) in [5, 5.41) is 8.82. The van der Waals surface area contributed by atoms with Gasteiger partial charge in [-0.3, -0.25) is 14.6 Å². The van der Waals surface area contributed by atoms with Gasteiger partial charge in [0.25, 0.3) is 5.91 Å². The fourth-order valence-corrected chi connectivity index (χ4v) is 4.82. The monoisotopic (exact) mass is 399 g/mol. The van der Waals surface area contributed by atoms with E-state index in [1.54, 1.807) is 22.7 Å². The van der Waals surface area contributed by atoms with Gasteiger partial charge in [-0.05, 0) is 43.3 Å². The van der Waals surface area contributed by atoms with Gasteiger partial charge < -0.3 is 10.2 Å². The lowest BCUT2D eigenvalue weighted by molar-refractivity contribution is -0.127. The molecule has 2 aliphatic rings. The highest BCUT2D eigenvalue weighted by Gasteiger charge is 2.39. The van der Waals surface area contributed by atoms with Gasteiger partial charge in [-0.25, -0.2) is 0 Å². The highest BCUT2D eigenvalue weighted by Crippen LogP contribution is 2.33. The molecule has 28 heavy (non-hydrogen) atoms. The molecule has 2 fully saturated rings. The van der Waals surface area contributed by atoms with Crippen molar-refractivity contribution in [3.63, 3.8) is 0 Å². The molecule has 7 nitrogen and oxygen atoms in total. The van der Waals surface area contributed by atoms with Crippen LogP contribution in [0.2, 0.25) is 0 Å². The van der Waals surface area contributed by atoms with Gasteiger partial charge in [0.05, 0.1) is 0 Å². The zero-order valence-corrected chi connectivity index (χ0v) is 16.6. The van der Waals surface area contributed by atoms with Gasteiger partial charge >= 0.3 is 0 Å². The maximum Gasteiger partial charge on any atom is 0.276 e. The fourth-order valence-electron chi connectivity index (χ4n) is 4.39. The van der Waals surface area contributed by atoms with E-state index < -0.39 is 6.04 Å². The number of carbonyl (C=O) groups is 2. The summed E-state index contributed by atoms with van der Waals surface area (Å²) in [6, 6.07) is 3.20. The van der Waals surface area contributed by atoms with Crippen LogP contribution in [0.4, 0.5) is 0 Å². The van der Waals surface area contributed by atoms with E-state index in [0.29, 0.717) is 5.69 Å². The molecule has 0 aromatic carbocycles. The van der Waals surface area contributed by atoms with Crippen LogP contribution < -0.4 is 5.32 Å². The lowest BCUT2D eigenvalue weighted by Gasteiger charge is -2.36. The van der Waals surface area contributed by atoms with Crippen LogP contribution in [0, 0.1) is 0 Å². The summed E-state index contributed by atoms with van der Waals surface area (Å²) < 4.78 is 3.84. The molecule has 2 aromatic heterocycles. The van der Waals surface area contributed by atoms with Gasteiger partial charge in [0.2, 0.25) is 5.91 Å². The topological polar surface area (TPSA) is 88.1 Å². The number of nitrogens with zero attached hydrogens (tertiary/aromatic N) is 4. The first-order chi connectivity index (χ1) is 13.7. The van der Waals surface area contributed by atoms with E-state index in [1.165, 1.54) is 0 Å². The Labute approximate surface area is 168 Å². The first-order valence-corrected chi connectivity index (χ1v) is 10.9. The van der Waals surface area contributed by atoms with Crippen LogP contribution >= 0.6 is 11.5 Å². The Morgan fingerprint density at radius 1 is 1.14 bits per heavy atom. The molecule has 2 aliphatic carbocycles. The third-order valence-electron chi connectivity index (χ3n) is 5.76. The largest absolute Gasteiger partial charge is 0.351 e. The first kappa shape index (κ1) is 19.0. The number of rotatable bonds is 6. The van der Waals surface area contributed by atoms with Crippen molar-refractivity contribution in [2.45, 2.75) is 69.5 Å². The van der Waals surface area contributed by atoms with Crippen molar-refractivity contribution in [2.24, 2.45) is 0 Å². The maximum absolute atomic E-state index is 13.4. The average molecular weight is 400 g/mol.